The van der Waals surface area contributed by atoms with E-state index in [-0.39, 0.29) is 5.91 Å². The van der Waals surface area contributed by atoms with E-state index in [1.54, 1.807) is 31.5 Å². The zero-order chi connectivity index (χ0) is 13.8. The smallest absolute Gasteiger partial charge is 0.251 e. The van der Waals surface area contributed by atoms with Gasteiger partial charge in [-0.2, -0.15) is 0 Å². The van der Waals surface area contributed by atoms with Crippen molar-refractivity contribution in [1.82, 2.24) is 5.32 Å². The van der Waals surface area contributed by atoms with Gasteiger partial charge in [0.2, 0.25) is 0 Å². The van der Waals surface area contributed by atoms with E-state index in [0.29, 0.717) is 22.8 Å². The molecule has 6 heteroatoms. The van der Waals surface area contributed by atoms with Gasteiger partial charge in [-0.15, -0.1) is 0 Å². The van der Waals surface area contributed by atoms with Crippen LogP contribution in [-0.4, -0.2) is 13.0 Å². The highest BCUT2D eigenvalue weighted by molar-refractivity contribution is 9.10. The molecule has 4 nitrogen and oxygen atoms in total. The number of rotatable bonds is 4. The Morgan fingerprint density at radius 1 is 1.42 bits per heavy atom. The van der Waals surface area contributed by atoms with E-state index in [2.05, 4.69) is 26.6 Å². The number of carbonyl (C=O) groups excluding carboxylic acids is 1. The van der Waals surface area contributed by atoms with Crippen LogP contribution in [0.1, 0.15) is 16.1 Å². The summed E-state index contributed by atoms with van der Waals surface area (Å²) in [7, 11) is 1.59. The summed E-state index contributed by atoms with van der Waals surface area (Å²) in [5.74, 6) is 0.611. The van der Waals surface area contributed by atoms with Crippen molar-refractivity contribution in [1.29, 1.82) is 0 Å². The second kappa shape index (κ2) is 6.12. The third-order valence-corrected chi connectivity index (χ3v) is 3.62. The third kappa shape index (κ3) is 3.30. The van der Waals surface area contributed by atoms with Crippen molar-refractivity contribution in [2.45, 2.75) is 6.54 Å². The van der Waals surface area contributed by atoms with Gasteiger partial charge in [0, 0.05) is 12.6 Å². The summed E-state index contributed by atoms with van der Waals surface area (Å²) < 4.78 is 6.18. The standard InChI is InChI=1S/C13H12BrClN2O2/c1-16-13(18)8-2-3-10(15)11(6-8)17-7-12-9(14)4-5-19-12/h2-6,17H,7H2,1H3,(H,16,18). The zero-order valence-corrected chi connectivity index (χ0v) is 12.5. The minimum atomic E-state index is -0.154. The number of carbonyl (C=O) groups is 1. The van der Waals surface area contributed by atoms with Crippen molar-refractivity contribution in [2.24, 2.45) is 0 Å². The monoisotopic (exact) mass is 342 g/mol. The van der Waals surface area contributed by atoms with Crippen LogP contribution < -0.4 is 10.6 Å². The molecule has 0 spiro atoms. The molecule has 2 N–H and O–H groups in total. The Morgan fingerprint density at radius 3 is 2.84 bits per heavy atom. The quantitative estimate of drug-likeness (QED) is 0.890. The summed E-state index contributed by atoms with van der Waals surface area (Å²) in [6, 6.07) is 6.89. The predicted molar refractivity (Wildman–Crippen MR) is 78.6 cm³/mol. The molecule has 0 unspecified atom stereocenters. The van der Waals surface area contributed by atoms with Gasteiger partial charge in [0.25, 0.3) is 5.91 Å². The van der Waals surface area contributed by atoms with E-state index in [1.165, 1.54) is 0 Å². The van der Waals surface area contributed by atoms with Gasteiger partial charge >= 0.3 is 0 Å². The van der Waals surface area contributed by atoms with E-state index < -0.39 is 0 Å². The average molecular weight is 344 g/mol. The molecule has 100 valence electrons. The number of hydrogen-bond acceptors (Lipinski definition) is 3. The van der Waals surface area contributed by atoms with Gasteiger partial charge in [0.15, 0.2) is 0 Å². The van der Waals surface area contributed by atoms with Crippen molar-refractivity contribution in [3.05, 3.63) is 51.3 Å². The molecule has 0 aliphatic rings. The lowest BCUT2D eigenvalue weighted by Gasteiger charge is -2.09. The molecule has 1 amide bonds. The maximum Gasteiger partial charge on any atom is 0.251 e. The number of halogens is 2. The van der Waals surface area contributed by atoms with E-state index >= 15 is 0 Å². The van der Waals surface area contributed by atoms with Crippen LogP contribution in [0.3, 0.4) is 0 Å². The summed E-state index contributed by atoms with van der Waals surface area (Å²) >= 11 is 9.46. The van der Waals surface area contributed by atoms with Crippen molar-refractivity contribution in [2.75, 3.05) is 12.4 Å². The van der Waals surface area contributed by atoms with Crippen LogP contribution in [0.25, 0.3) is 0 Å². The van der Waals surface area contributed by atoms with Crippen LogP contribution >= 0.6 is 27.5 Å². The lowest BCUT2D eigenvalue weighted by Crippen LogP contribution is -2.17. The second-order valence-electron chi connectivity index (χ2n) is 3.82. The fourth-order valence-electron chi connectivity index (χ4n) is 1.57. The van der Waals surface area contributed by atoms with Crippen LogP contribution in [0.5, 0.6) is 0 Å². The van der Waals surface area contributed by atoms with Crippen molar-refractivity contribution < 1.29 is 9.21 Å². The first kappa shape index (κ1) is 14.0. The fraction of sp³-hybridized carbons (Fsp3) is 0.154. The molecule has 1 heterocycles. The van der Waals surface area contributed by atoms with Crippen LogP contribution in [-0.2, 0) is 6.54 Å². The van der Waals surface area contributed by atoms with Gasteiger partial charge in [0.1, 0.15) is 5.76 Å². The second-order valence-corrected chi connectivity index (χ2v) is 5.08. The molecule has 0 bridgehead atoms. The summed E-state index contributed by atoms with van der Waals surface area (Å²) in [6.07, 6.45) is 1.60. The van der Waals surface area contributed by atoms with Gasteiger partial charge < -0.3 is 15.1 Å². The average Bonchev–Trinajstić information content (AvgIpc) is 2.82. The molecule has 1 aromatic heterocycles. The normalized spacial score (nSPS) is 10.3. The molecule has 0 saturated carbocycles. The van der Waals surface area contributed by atoms with Crippen LogP contribution in [0, 0.1) is 0 Å². The van der Waals surface area contributed by atoms with Crippen LogP contribution in [0.15, 0.2) is 39.4 Å². The van der Waals surface area contributed by atoms with E-state index in [1.807, 2.05) is 6.07 Å². The SMILES string of the molecule is CNC(=O)c1ccc(Cl)c(NCc2occc2Br)c1. The Kier molecular flexibility index (Phi) is 4.50. The maximum absolute atomic E-state index is 11.6. The lowest BCUT2D eigenvalue weighted by atomic mass is 10.2. The van der Waals surface area contributed by atoms with Gasteiger partial charge in [-0.3, -0.25) is 4.79 Å². The first-order chi connectivity index (χ1) is 9.11. The molecule has 0 atom stereocenters. The molecule has 0 aliphatic carbocycles. The first-order valence-electron chi connectivity index (χ1n) is 5.59. The molecular formula is C13H12BrClN2O2. The summed E-state index contributed by atoms with van der Waals surface area (Å²) in [5, 5.41) is 6.26. The number of nitrogens with one attached hydrogen (secondary N) is 2. The number of anilines is 1. The van der Waals surface area contributed by atoms with Crippen molar-refractivity contribution in [3.63, 3.8) is 0 Å². The highest BCUT2D eigenvalue weighted by Gasteiger charge is 2.09. The molecule has 2 rings (SSSR count). The number of amides is 1. The van der Waals surface area contributed by atoms with Crippen LogP contribution in [0.4, 0.5) is 5.69 Å². The minimum Gasteiger partial charge on any atom is -0.466 e. The first-order valence-corrected chi connectivity index (χ1v) is 6.76. The van der Waals surface area contributed by atoms with Crippen molar-refractivity contribution >= 4 is 39.1 Å². The van der Waals surface area contributed by atoms with Gasteiger partial charge in [-0.05, 0) is 40.2 Å². The highest BCUT2D eigenvalue weighted by Crippen LogP contribution is 2.25. The third-order valence-electron chi connectivity index (χ3n) is 2.59. The maximum atomic E-state index is 11.6. The molecule has 0 radical (unpaired) electrons. The van der Waals surface area contributed by atoms with Crippen molar-refractivity contribution in [3.8, 4) is 0 Å². The Hall–Kier alpha value is -1.46. The Labute approximate surface area is 124 Å². The lowest BCUT2D eigenvalue weighted by molar-refractivity contribution is 0.0963. The molecule has 2 aromatic rings. The van der Waals surface area contributed by atoms with Gasteiger partial charge in [-0.1, -0.05) is 11.6 Å². The predicted octanol–water partition coefficient (Wildman–Crippen LogP) is 3.67. The largest absolute Gasteiger partial charge is 0.466 e. The summed E-state index contributed by atoms with van der Waals surface area (Å²) in [5.41, 5.74) is 1.24. The van der Waals surface area contributed by atoms with Gasteiger partial charge in [-0.25, -0.2) is 0 Å². The minimum absolute atomic E-state index is 0.154. The number of benzene rings is 1. The topological polar surface area (TPSA) is 54.3 Å². The summed E-state index contributed by atoms with van der Waals surface area (Å²) in [4.78, 5) is 11.6. The molecule has 0 fully saturated rings. The molecular weight excluding hydrogens is 332 g/mol. The van der Waals surface area contributed by atoms with E-state index in [9.17, 15) is 4.79 Å². The fourth-order valence-corrected chi connectivity index (χ4v) is 2.10. The zero-order valence-electron chi connectivity index (χ0n) is 10.2. The summed E-state index contributed by atoms with van der Waals surface area (Å²) in [6.45, 7) is 0.477. The number of furan rings is 1. The highest BCUT2D eigenvalue weighted by atomic mass is 79.9. The Morgan fingerprint density at radius 2 is 2.21 bits per heavy atom. The van der Waals surface area contributed by atoms with E-state index in [4.69, 9.17) is 16.0 Å². The van der Waals surface area contributed by atoms with Crippen LogP contribution in [0.2, 0.25) is 5.02 Å². The molecule has 0 aliphatic heterocycles. The Bertz CT molecular complexity index is 598. The molecule has 1 aromatic carbocycles. The molecule has 0 saturated heterocycles. The van der Waals surface area contributed by atoms with E-state index in [0.717, 1.165) is 10.2 Å². The molecule has 19 heavy (non-hydrogen) atoms. The number of hydrogen-bond donors (Lipinski definition) is 2. The van der Waals surface area contributed by atoms with Gasteiger partial charge in [0.05, 0.1) is 28.0 Å². The Balaban J connectivity index is 2.15.